The summed E-state index contributed by atoms with van der Waals surface area (Å²) in [5.41, 5.74) is -0.563. The van der Waals surface area contributed by atoms with Gasteiger partial charge in [-0.3, -0.25) is 0 Å². The van der Waals surface area contributed by atoms with E-state index in [4.69, 9.17) is 0 Å². The molecule has 8 atom stereocenters. The van der Waals surface area contributed by atoms with Crippen molar-refractivity contribution in [3.63, 3.8) is 0 Å². The fourth-order valence-electron chi connectivity index (χ4n) is 7.61. The zero-order valence-electron chi connectivity index (χ0n) is 14.8. The fourth-order valence-corrected chi connectivity index (χ4v) is 7.61. The predicted molar refractivity (Wildman–Crippen MR) is 89.8 cm³/mol. The van der Waals surface area contributed by atoms with Crippen molar-refractivity contribution >= 4 is 0 Å². The second-order valence-corrected chi connectivity index (χ2v) is 9.77. The fraction of sp³-hybridized carbons (Fsp3) is 1.00. The summed E-state index contributed by atoms with van der Waals surface area (Å²) >= 11 is 0. The molecule has 0 heterocycles. The SMILES string of the molecule is C[C@]12CC[C@@H](O)C[C@H]1CC[C@@H]1[C@@H]2CC[C@@]2(C)[C@H]1CC[C@@]2(O)CO. The Morgan fingerprint density at radius 1 is 0.913 bits per heavy atom. The molecule has 4 aliphatic rings. The maximum absolute atomic E-state index is 11.0. The molecule has 0 spiro atoms. The zero-order chi connectivity index (χ0) is 16.5. The van der Waals surface area contributed by atoms with Crippen molar-refractivity contribution in [2.45, 2.75) is 83.3 Å². The molecule has 3 heteroatoms. The van der Waals surface area contributed by atoms with E-state index in [0.717, 1.165) is 38.0 Å². The third kappa shape index (κ3) is 2.05. The van der Waals surface area contributed by atoms with E-state index < -0.39 is 5.60 Å². The van der Waals surface area contributed by atoms with Crippen molar-refractivity contribution in [2.75, 3.05) is 6.61 Å². The largest absolute Gasteiger partial charge is 0.393 e. The minimum absolute atomic E-state index is 0.0792. The molecule has 0 amide bonds. The summed E-state index contributed by atoms with van der Waals surface area (Å²) in [5.74, 6) is 2.73. The van der Waals surface area contributed by atoms with Gasteiger partial charge in [0.25, 0.3) is 0 Å². The molecule has 4 saturated carbocycles. The van der Waals surface area contributed by atoms with E-state index in [1.165, 1.54) is 25.7 Å². The van der Waals surface area contributed by atoms with Crippen molar-refractivity contribution in [1.29, 1.82) is 0 Å². The topological polar surface area (TPSA) is 60.7 Å². The Kier molecular flexibility index (Phi) is 3.69. The number of hydrogen-bond acceptors (Lipinski definition) is 3. The van der Waals surface area contributed by atoms with Crippen molar-refractivity contribution in [3.8, 4) is 0 Å². The molecule has 3 nitrogen and oxygen atoms in total. The summed E-state index contributed by atoms with van der Waals surface area (Å²) in [7, 11) is 0. The Hall–Kier alpha value is -0.120. The summed E-state index contributed by atoms with van der Waals surface area (Å²) < 4.78 is 0. The Labute approximate surface area is 140 Å². The van der Waals surface area contributed by atoms with Crippen LogP contribution >= 0.6 is 0 Å². The molecule has 4 fully saturated rings. The molecule has 4 aliphatic carbocycles. The maximum atomic E-state index is 11.0. The average molecular weight is 322 g/mol. The molecule has 0 aromatic heterocycles. The first kappa shape index (κ1) is 16.4. The summed E-state index contributed by atoms with van der Waals surface area (Å²) in [5, 5.41) is 30.9. The third-order valence-corrected chi connectivity index (χ3v) is 9.22. The van der Waals surface area contributed by atoms with E-state index in [-0.39, 0.29) is 18.1 Å². The summed E-state index contributed by atoms with van der Waals surface area (Å²) in [6.45, 7) is 4.66. The number of aliphatic hydroxyl groups is 3. The normalized spacial score (nSPS) is 59.1. The lowest BCUT2D eigenvalue weighted by Crippen LogP contribution is -2.57. The van der Waals surface area contributed by atoms with Crippen LogP contribution in [0.2, 0.25) is 0 Å². The van der Waals surface area contributed by atoms with Gasteiger partial charge < -0.3 is 15.3 Å². The van der Waals surface area contributed by atoms with Gasteiger partial charge in [-0.05, 0) is 86.9 Å². The lowest BCUT2D eigenvalue weighted by Gasteiger charge is -2.61. The van der Waals surface area contributed by atoms with Gasteiger partial charge in [0.2, 0.25) is 0 Å². The van der Waals surface area contributed by atoms with Gasteiger partial charge >= 0.3 is 0 Å². The van der Waals surface area contributed by atoms with Gasteiger partial charge in [0, 0.05) is 5.41 Å². The smallest absolute Gasteiger partial charge is 0.0933 e. The quantitative estimate of drug-likeness (QED) is 0.695. The zero-order valence-corrected chi connectivity index (χ0v) is 14.8. The minimum atomic E-state index is -0.858. The van der Waals surface area contributed by atoms with Gasteiger partial charge in [-0.2, -0.15) is 0 Å². The highest BCUT2D eigenvalue weighted by Crippen LogP contribution is 2.68. The van der Waals surface area contributed by atoms with Gasteiger partial charge in [-0.1, -0.05) is 13.8 Å². The average Bonchev–Trinajstić information content (AvgIpc) is 2.80. The first-order chi connectivity index (χ1) is 10.8. The van der Waals surface area contributed by atoms with Gasteiger partial charge in [-0.25, -0.2) is 0 Å². The predicted octanol–water partition coefficient (Wildman–Crippen LogP) is 3.11. The first-order valence-corrected chi connectivity index (χ1v) is 9.85. The molecule has 0 radical (unpaired) electrons. The second kappa shape index (κ2) is 5.19. The highest BCUT2D eigenvalue weighted by Gasteiger charge is 2.64. The van der Waals surface area contributed by atoms with Crippen LogP contribution in [0.25, 0.3) is 0 Å². The summed E-state index contributed by atoms with van der Waals surface area (Å²) in [6, 6.07) is 0. The van der Waals surface area contributed by atoms with Crippen LogP contribution in [0.4, 0.5) is 0 Å². The van der Waals surface area contributed by atoms with Gasteiger partial charge in [0.15, 0.2) is 0 Å². The Balaban J connectivity index is 1.63. The van der Waals surface area contributed by atoms with Crippen LogP contribution in [0, 0.1) is 34.5 Å². The first-order valence-electron chi connectivity index (χ1n) is 9.85. The van der Waals surface area contributed by atoms with Crippen LogP contribution in [0.1, 0.15) is 71.6 Å². The molecule has 0 aromatic carbocycles. The minimum Gasteiger partial charge on any atom is -0.393 e. The number of hydrogen-bond donors (Lipinski definition) is 3. The molecule has 0 aromatic rings. The third-order valence-electron chi connectivity index (χ3n) is 9.22. The van der Waals surface area contributed by atoms with Crippen LogP contribution in [-0.2, 0) is 0 Å². The lowest BCUT2D eigenvalue weighted by atomic mass is 9.44. The molecule has 3 N–H and O–H groups in total. The van der Waals surface area contributed by atoms with Crippen LogP contribution in [0.5, 0.6) is 0 Å². The van der Waals surface area contributed by atoms with Crippen LogP contribution in [0.15, 0.2) is 0 Å². The van der Waals surface area contributed by atoms with Gasteiger partial charge in [0.1, 0.15) is 0 Å². The number of rotatable bonds is 1. The molecule has 4 rings (SSSR count). The van der Waals surface area contributed by atoms with Crippen LogP contribution < -0.4 is 0 Å². The standard InChI is InChI=1S/C20H34O3/c1-18-8-5-14(22)11-13(18)3-4-15-16(18)6-9-19(2)17(15)7-10-20(19,23)12-21/h13-17,21-23H,3-12H2,1-2H3/t13-,14-,15-,16+,17+,18+,19+,20-/m1/s1. The monoisotopic (exact) mass is 322 g/mol. The van der Waals surface area contributed by atoms with E-state index in [0.29, 0.717) is 23.2 Å². The van der Waals surface area contributed by atoms with E-state index in [1.807, 2.05) is 0 Å². The van der Waals surface area contributed by atoms with Crippen LogP contribution in [-0.4, -0.2) is 33.6 Å². The summed E-state index contributed by atoms with van der Waals surface area (Å²) in [6.07, 6.45) is 9.69. The maximum Gasteiger partial charge on any atom is 0.0933 e. The molecular formula is C20H34O3. The Bertz CT molecular complexity index is 480. The Morgan fingerprint density at radius 3 is 2.39 bits per heavy atom. The van der Waals surface area contributed by atoms with Crippen LogP contribution in [0.3, 0.4) is 0 Å². The Morgan fingerprint density at radius 2 is 1.65 bits per heavy atom. The molecule has 0 saturated heterocycles. The molecule has 0 bridgehead atoms. The van der Waals surface area contributed by atoms with Crippen molar-refractivity contribution in [2.24, 2.45) is 34.5 Å². The number of fused-ring (bicyclic) bond motifs is 5. The molecule has 132 valence electrons. The van der Waals surface area contributed by atoms with Crippen molar-refractivity contribution in [3.05, 3.63) is 0 Å². The highest BCUT2D eigenvalue weighted by molar-refractivity contribution is 5.13. The van der Waals surface area contributed by atoms with E-state index in [2.05, 4.69) is 13.8 Å². The highest BCUT2D eigenvalue weighted by atomic mass is 16.3. The lowest BCUT2D eigenvalue weighted by molar-refractivity contribution is -0.168. The molecule has 23 heavy (non-hydrogen) atoms. The van der Waals surface area contributed by atoms with Gasteiger partial charge in [-0.15, -0.1) is 0 Å². The van der Waals surface area contributed by atoms with E-state index in [9.17, 15) is 15.3 Å². The molecular weight excluding hydrogens is 288 g/mol. The van der Waals surface area contributed by atoms with Crippen molar-refractivity contribution in [1.82, 2.24) is 0 Å². The van der Waals surface area contributed by atoms with E-state index >= 15 is 0 Å². The molecule has 0 unspecified atom stereocenters. The number of aliphatic hydroxyl groups excluding tert-OH is 2. The molecule has 0 aliphatic heterocycles. The van der Waals surface area contributed by atoms with Gasteiger partial charge in [0.05, 0.1) is 18.3 Å². The van der Waals surface area contributed by atoms with Crippen molar-refractivity contribution < 1.29 is 15.3 Å². The van der Waals surface area contributed by atoms with E-state index in [1.54, 1.807) is 0 Å². The second-order valence-electron chi connectivity index (χ2n) is 9.77. The summed E-state index contributed by atoms with van der Waals surface area (Å²) in [4.78, 5) is 0.